The molecule has 11 aromatic carbocycles. The molecule has 338 valence electrons. The fraction of sp³-hybridized carbons (Fsp3) is 0.0286. The molecule has 2 aliphatic rings. The molecular weight excluding hydrogens is 871 g/mol. The molecule has 12 aromatic rings. The van der Waals surface area contributed by atoms with Gasteiger partial charge in [0.2, 0.25) is 0 Å². The number of nitrogens with zero attached hydrogens (tertiary/aromatic N) is 1. The number of anilines is 3. The van der Waals surface area contributed by atoms with Crippen LogP contribution < -0.4 is 4.90 Å². The Hall–Kier alpha value is -9.24. The molecule has 0 amide bonds. The van der Waals surface area contributed by atoms with Crippen LogP contribution in [0.1, 0.15) is 44.5 Å². The van der Waals surface area contributed by atoms with Gasteiger partial charge in [-0.1, -0.05) is 218 Å². The molecule has 14 rings (SSSR count). The average molecular weight is 918 g/mol. The van der Waals surface area contributed by atoms with Gasteiger partial charge in [0.15, 0.2) is 0 Å². The molecule has 2 heteroatoms. The first-order valence-electron chi connectivity index (χ1n) is 24.9. The molecule has 0 unspecified atom stereocenters. The Kier molecular flexibility index (Phi) is 9.69. The highest BCUT2D eigenvalue weighted by molar-refractivity contribution is 5.93. The highest BCUT2D eigenvalue weighted by atomic mass is 16.3. The topological polar surface area (TPSA) is 16.4 Å². The fourth-order valence-electron chi connectivity index (χ4n) is 12.4. The van der Waals surface area contributed by atoms with Gasteiger partial charge in [-0.2, -0.15) is 0 Å². The summed E-state index contributed by atoms with van der Waals surface area (Å²) in [4.78, 5) is 2.49. The van der Waals surface area contributed by atoms with E-state index in [0.717, 1.165) is 50.3 Å². The molecule has 1 heterocycles. The predicted molar refractivity (Wildman–Crippen MR) is 296 cm³/mol. The zero-order chi connectivity index (χ0) is 47.6. The molecule has 2 nitrogen and oxygen atoms in total. The molecule has 0 aliphatic heterocycles. The van der Waals surface area contributed by atoms with Gasteiger partial charge in [-0.25, -0.2) is 0 Å². The Labute approximate surface area is 420 Å². The lowest BCUT2D eigenvalue weighted by Crippen LogP contribution is -2.29. The van der Waals surface area contributed by atoms with Crippen molar-refractivity contribution in [3.05, 3.63) is 330 Å². The van der Waals surface area contributed by atoms with Crippen molar-refractivity contribution in [1.82, 2.24) is 0 Å². The van der Waals surface area contributed by atoms with E-state index in [-0.39, 0.29) is 0 Å². The van der Waals surface area contributed by atoms with Gasteiger partial charge in [-0.05, 0) is 150 Å². The fourth-order valence-corrected chi connectivity index (χ4v) is 12.4. The Morgan fingerprint density at radius 1 is 0.264 bits per heavy atom. The summed E-state index contributed by atoms with van der Waals surface area (Å²) >= 11 is 0. The zero-order valence-corrected chi connectivity index (χ0v) is 39.5. The molecular formula is C70H47NO. The second kappa shape index (κ2) is 16.7. The summed E-state index contributed by atoms with van der Waals surface area (Å²) in [5.41, 5.74) is 22.7. The van der Waals surface area contributed by atoms with Crippen LogP contribution in [-0.2, 0) is 10.8 Å². The average Bonchev–Trinajstić information content (AvgIpc) is 4.15. The van der Waals surface area contributed by atoms with Gasteiger partial charge in [-0.3, -0.25) is 0 Å². The summed E-state index contributed by atoms with van der Waals surface area (Å²) in [6, 6.07) is 103. The van der Waals surface area contributed by atoms with Crippen LogP contribution in [0.4, 0.5) is 17.1 Å². The summed E-state index contributed by atoms with van der Waals surface area (Å²) in [7, 11) is 0. The van der Waals surface area contributed by atoms with Crippen LogP contribution in [0, 0.1) is 0 Å². The quantitative estimate of drug-likeness (QED) is 0.143. The lowest BCUT2D eigenvalue weighted by Gasteiger charge is -2.36. The minimum absolute atomic E-state index is 0.562. The second-order valence-corrected chi connectivity index (χ2v) is 19.2. The largest absolute Gasteiger partial charge is 0.464 e. The predicted octanol–water partition coefficient (Wildman–Crippen LogP) is 18.0. The number of hydrogen-bond acceptors (Lipinski definition) is 2. The monoisotopic (exact) mass is 917 g/mol. The van der Waals surface area contributed by atoms with Crippen LogP contribution in [0.25, 0.3) is 55.5 Å². The Morgan fingerprint density at radius 2 is 0.667 bits per heavy atom. The van der Waals surface area contributed by atoms with Gasteiger partial charge in [0.25, 0.3) is 0 Å². The van der Waals surface area contributed by atoms with E-state index < -0.39 is 10.8 Å². The first kappa shape index (κ1) is 41.7. The maximum Gasteiger partial charge on any atom is 0.133 e. The molecule has 0 saturated carbocycles. The standard InChI is InChI=1S/C70H47NO/c1-5-22-53(23-6-1)69(54-24-7-2-8-25-54)64-33-15-13-31-60(64)62-38-36-58(46-66(62)69)71(57-30-18-21-50(45-57)48-19-17-20-49(43-48)51-35-40-68-52(44-51)41-42-72-68)59-37-39-63-61-32-14-16-34-65(61)70(67(63)47-59,55-26-9-3-10-27-55)56-28-11-4-12-29-56/h1-47H. The maximum atomic E-state index is 5.70. The second-order valence-electron chi connectivity index (χ2n) is 19.2. The normalized spacial score (nSPS) is 13.5. The summed E-state index contributed by atoms with van der Waals surface area (Å²) in [6.45, 7) is 0. The number of fused-ring (bicyclic) bond motifs is 7. The smallest absolute Gasteiger partial charge is 0.133 e. The van der Waals surface area contributed by atoms with E-state index in [0.29, 0.717) is 0 Å². The van der Waals surface area contributed by atoms with Crippen LogP contribution in [0.2, 0.25) is 0 Å². The zero-order valence-electron chi connectivity index (χ0n) is 39.5. The minimum Gasteiger partial charge on any atom is -0.464 e. The van der Waals surface area contributed by atoms with Crippen LogP contribution in [-0.4, -0.2) is 0 Å². The third-order valence-electron chi connectivity index (χ3n) is 15.5. The van der Waals surface area contributed by atoms with Gasteiger partial charge in [0.05, 0.1) is 17.1 Å². The number of hydrogen-bond donors (Lipinski definition) is 0. The molecule has 0 radical (unpaired) electrons. The van der Waals surface area contributed by atoms with Crippen LogP contribution in [0.3, 0.4) is 0 Å². The SMILES string of the molecule is c1ccc(C2(c3ccccc3)c3ccccc3-c3ccc(N(c4cccc(-c5cccc(-c6ccc7occc7c6)c5)c4)c4ccc5c(c4)C(c4ccccc4)(c4ccccc4)c4ccccc4-5)cc32)cc1. The van der Waals surface area contributed by atoms with E-state index in [1.807, 2.05) is 6.07 Å². The van der Waals surface area contributed by atoms with Gasteiger partial charge in [-0.15, -0.1) is 0 Å². The molecule has 0 saturated heterocycles. The minimum atomic E-state index is -0.562. The molecule has 1 aromatic heterocycles. The van der Waals surface area contributed by atoms with Crippen LogP contribution in [0.5, 0.6) is 0 Å². The van der Waals surface area contributed by atoms with Crippen molar-refractivity contribution in [2.75, 3.05) is 4.90 Å². The Morgan fingerprint density at radius 3 is 1.17 bits per heavy atom. The maximum absolute atomic E-state index is 5.70. The van der Waals surface area contributed by atoms with Crippen molar-refractivity contribution in [1.29, 1.82) is 0 Å². The van der Waals surface area contributed by atoms with E-state index in [1.54, 1.807) is 6.26 Å². The summed E-state index contributed by atoms with van der Waals surface area (Å²) in [5, 5.41) is 1.09. The summed E-state index contributed by atoms with van der Waals surface area (Å²) in [6.07, 6.45) is 1.76. The Balaban J connectivity index is 1.02. The first-order valence-corrected chi connectivity index (χ1v) is 24.9. The summed E-state index contributed by atoms with van der Waals surface area (Å²) < 4.78 is 5.70. The van der Waals surface area contributed by atoms with Crippen molar-refractivity contribution in [3.8, 4) is 44.5 Å². The molecule has 0 bridgehead atoms. The van der Waals surface area contributed by atoms with Gasteiger partial charge < -0.3 is 9.32 Å². The molecule has 0 spiro atoms. The van der Waals surface area contributed by atoms with Crippen molar-refractivity contribution in [2.45, 2.75) is 10.8 Å². The van der Waals surface area contributed by atoms with Crippen molar-refractivity contribution in [2.24, 2.45) is 0 Å². The van der Waals surface area contributed by atoms with E-state index in [4.69, 9.17) is 4.42 Å². The third kappa shape index (κ3) is 6.29. The summed E-state index contributed by atoms with van der Waals surface area (Å²) in [5.74, 6) is 0. The van der Waals surface area contributed by atoms with E-state index >= 15 is 0 Å². The number of rotatable bonds is 9. The lowest BCUT2D eigenvalue weighted by molar-refractivity contribution is 0.616. The lowest BCUT2D eigenvalue weighted by atomic mass is 9.67. The van der Waals surface area contributed by atoms with E-state index in [9.17, 15) is 0 Å². The van der Waals surface area contributed by atoms with Gasteiger partial charge >= 0.3 is 0 Å². The Bertz CT molecular complexity index is 3720. The van der Waals surface area contributed by atoms with E-state index in [1.165, 1.54) is 66.8 Å². The van der Waals surface area contributed by atoms with Crippen LogP contribution >= 0.6 is 0 Å². The molecule has 0 fully saturated rings. The highest BCUT2D eigenvalue weighted by Crippen LogP contribution is 2.59. The third-order valence-corrected chi connectivity index (χ3v) is 15.5. The van der Waals surface area contributed by atoms with Crippen molar-refractivity contribution < 1.29 is 4.42 Å². The molecule has 2 aliphatic carbocycles. The number of furan rings is 1. The van der Waals surface area contributed by atoms with Gasteiger partial charge in [0, 0.05) is 22.4 Å². The highest BCUT2D eigenvalue weighted by Gasteiger charge is 2.48. The van der Waals surface area contributed by atoms with Crippen LogP contribution in [0.15, 0.2) is 290 Å². The molecule has 72 heavy (non-hydrogen) atoms. The number of benzene rings is 11. The molecule has 0 atom stereocenters. The van der Waals surface area contributed by atoms with E-state index in [2.05, 4.69) is 278 Å². The van der Waals surface area contributed by atoms with Crippen molar-refractivity contribution >= 4 is 28.0 Å². The van der Waals surface area contributed by atoms with Gasteiger partial charge in [0.1, 0.15) is 5.58 Å². The van der Waals surface area contributed by atoms with Crippen molar-refractivity contribution in [3.63, 3.8) is 0 Å². The first-order chi connectivity index (χ1) is 35.7. The molecule has 0 N–H and O–H groups in total.